The molecule has 3 N–H and O–H groups in total. The maximum absolute atomic E-state index is 11.9. The average Bonchev–Trinajstić information content (AvgIpc) is 2.46. The van der Waals surface area contributed by atoms with Crippen LogP contribution in [0.3, 0.4) is 0 Å². The largest absolute Gasteiger partial charge is 0.496 e. The molecule has 0 aliphatic heterocycles. The first-order valence-electron chi connectivity index (χ1n) is 6.35. The van der Waals surface area contributed by atoms with Crippen LogP contribution in [-0.2, 0) is 14.3 Å². The lowest BCUT2D eigenvalue weighted by Gasteiger charge is -2.11. The molecular weight excluding hydrogens is 276 g/mol. The lowest BCUT2D eigenvalue weighted by atomic mass is 10.2. The molecule has 0 aliphatic rings. The van der Waals surface area contributed by atoms with Gasteiger partial charge in [0.25, 0.3) is 11.8 Å². The second kappa shape index (κ2) is 7.88. The summed E-state index contributed by atoms with van der Waals surface area (Å²) in [5.74, 6) is -1.24. The first kappa shape index (κ1) is 16.5. The van der Waals surface area contributed by atoms with E-state index in [1.54, 1.807) is 24.3 Å². The number of primary amides is 1. The van der Waals surface area contributed by atoms with Crippen molar-refractivity contribution in [3.05, 3.63) is 29.8 Å². The Kier molecular flexibility index (Phi) is 6.19. The van der Waals surface area contributed by atoms with E-state index in [2.05, 4.69) is 5.32 Å². The molecule has 0 bridgehead atoms. The summed E-state index contributed by atoms with van der Waals surface area (Å²) in [6.07, 6.45) is -1.04. The van der Waals surface area contributed by atoms with E-state index in [0.29, 0.717) is 11.3 Å². The van der Waals surface area contributed by atoms with E-state index in [4.69, 9.17) is 15.2 Å². The van der Waals surface area contributed by atoms with Crippen molar-refractivity contribution in [1.82, 2.24) is 5.32 Å². The number of esters is 1. The number of para-hydroxylation sites is 1. The molecule has 1 atom stereocenters. The molecule has 2 amide bonds. The summed E-state index contributed by atoms with van der Waals surface area (Å²) in [5, 5.41) is 2.57. The summed E-state index contributed by atoms with van der Waals surface area (Å²) in [4.78, 5) is 34.0. The molecule has 1 aromatic carbocycles. The summed E-state index contributed by atoms with van der Waals surface area (Å²) < 4.78 is 9.82. The van der Waals surface area contributed by atoms with Gasteiger partial charge < -0.3 is 20.5 Å². The first-order valence-corrected chi connectivity index (χ1v) is 6.35. The van der Waals surface area contributed by atoms with Crippen molar-refractivity contribution >= 4 is 17.8 Å². The molecule has 1 rings (SSSR count). The van der Waals surface area contributed by atoms with Crippen LogP contribution in [0.5, 0.6) is 5.75 Å². The van der Waals surface area contributed by atoms with Crippen molar-refractivity contribution in [2.24, 2.45) is 5.73 Å². The molecule has 0 aromatic heterocycles. The highest BCUT2D eigenvalue weighted by atomic mass is 16.5. The number of ether oxygens (including phenoxy) is 2. The maximum Gasteiger partial charge on any atom is 0.308 e. The Hall–Kier alpha value is -2.57. The second-order valence-electron chi connectivity index (χ2n) is 4.24. The fourth-order valence-electron chi connectivity index (χ4n) is 1.52. The molecule has 0 saturated heterocycles. The number of carbonyl (C=O) groups is 3. The number of benzene rings is 1. The Morgan fingerprint density at radius 1 is 1.29 bits per heavy atom. The molecule has 114 valence electrons. The number of nitrogens with two attached hydrogens (primary N) is 1. The SMILES string of the molecule is COc1ccccc1C(=O)NCCC(=O)O[C@H](C)C(N)=O. The van der Waals surface area contributed by atoms with Gasteiger partial charge in [-0.1, -0.05) is 12.1 Å². The lowest BCUT2D eigenvalue weighted by Crippen LogP contribution is -2.32. The fraction of sp³-hybridized carbons (Fsp3) is 0.357. The summed E-state index contributed by atoms with van der Waals surface area (Å²) >= 11 is 0. The van der Waals surface area contributed by atoms with E-state index >= 15 is 0 Å². The zero-order chi connectivity index (χ0) is 15.8. The number of methoxy groups -OCH3 is 1. The van der Waals surface area contributed by atoms with Gasteiger partial charge in [0.05, 0.1) is 19.1 Å². The molecule has 1 aromatic rings. The van der Waals surface area contributed by atoms with Crippen LogP contribution < -0.4 is 15.8 Å². The Morgan fingerprint density at radius 3 is 2.57 bits per heavy atom. The van der Waals surface area contributed by atoms with Crippen molar-refractivity contribution in [3.63, 3.8) is 0 Å². The van der Waals surface area contributed by atoms with Gasteiger partial charge in [-0.3, -0.25) is 14.4 Å². The van der Waals surface area contributed by atoms with Gasteiger partial charge in [-0.2, -0.15) is 0 Å². The van der Waals surface area contributed by atoms with Gasteiger partial charge in [0.2, 0.25) is 0 Å². The summed E-state index contributed by atoms with van der Waals surface area (Å²) in [6.45, 7) is 1.47. The number of rotatable bonds is 7. The highest BCUT2D eigenvalue weighted by molar-refractivity contribution is 5.97. The summed E-state index contributed by atoms with van der Waals surface area (Å²) in [5.41, 5.74) is 5.34. The van der Waals surface area contributed by atoms with Crippen LogP contribution in [0.2, 0.25) is 0 Å². The molecule has 0 aliphatic carbocycles. The van der Waals surface area contributed by atoms with Crippen molar-refractivity contribution in [3.8, 4) is 5.75 Å². The van der Waals surface area contributed by atoms with Gasteiger partial charge in [-0.25, -0.2) is 0 Å². The molecule has 0 spiro atoms. The van der Waals surface area contributed by atoms with Gasteiger partial charge in [0.1, 0.15) is 5.75 Å². The zero-order valence-electron chi connectivity index (χ0n) is 11.9. The number of carbonyl (C=O) groups excluding carboxylic acids is 3. The molecule has 0 saturated carbocycles. The van der Waals surface area contributed by atoms with E-state index in [1.807, 2.05) is 0 Å². The maximum atomic E-state index is 11.9. The van der Waals surface area contributed by atoms with Crippen LogP contribution in [0.4, 0.5) is 0 Å². The number of amides is 2. The molecule has 0 unspecified atom stereocenters. The smallest absolute Gasteiger partial charge is 0.308 e. The quantitative estimate of drug-likeness (QED) is 0.700. The van der Waals surface area contributed by atoms with Crippen molar-refractivity contribution < 1.29 is 23.9 Å². The predicted octanol–water partition coefficient (Wildman–Crippen LogP) is 0.232. The molecule has 7 nitrogen and oxygen atoms in total. The zero-order valence-corrected chi connectivity index (χ0v) is 11.9. The van der Waals surface area contributed by atoms with Crippen LogP contribution in [0.15, 0.2) is 24.3 Å². The third-order valence-electron chi connectivity index (χ3n) is 2.68. The standard InChI is InChI=1S/C14H18N2O5/c1-9(13(15)18)21-12(17)7-8-16-14(19)10-5-3-4-6-11(10)20-2/h3-6,9H,7-8H2,1-2H3,(H2,15,18)(H,16,19)/t9-/m1/s1. The number of hydrogen-bond donors (Lipinski definition) is 2. The number of hydrogen-bond acceptors (Lipinski definition) is 5. The molecule has 21 heavy (non-hydrogen) atoms. The highest BCUT2D eigenvalue weighted by Crippen LogP contribution is 2.16. The Labute approximate surface area is 122 Å². The third kappa shape index (κ3) is 5.13. The predicted molar refractivity (Wildman–Crippen MR) is 74.7 cm³/mol. The second-order valence-corrected chi connectivity index (χ2v) is 4.24. The topological polar surface area (TPSA) is 108 Å². The van der Waals surface area contributed by atoms with Crippen LogP contribution in [0, 0.1) is 0 Å². The molecule has 0 radical (unpaired) electrons. The monoisotopic (exact) mass is 294 g/mol. The Balaban J connectivity index is 2.43. The van der Waals surface area contributed by atoms with Crippen LogP contribution in [0.1, 0.15) is 23.7 Å². The molecule has 7 heteroatoms. The molecule has 0 fully saturated rings. The average molecular weight is 294 g/mol. The van der Waals surface area contributed by atoms with E-state index in [0.717, 1.165) is 0 Å². The van der Waals surface area contributed by atoms with E-state index in [-0.39, 0.29) is 18.9 Å². The fourth-order valence-corrected chi connectivity index (χ4v) is 1.52. The van der Waals surface area contributed by atoms with Crippen molar-refractivity contribution in [2.75, 3.05) is 13.7 Å². The third-order valence-corrected chi connectivity index (χ3v) is 2.68. The van der Waals surface area contributed by atoms with Gasteiger partial charge >= 0.3 is 5.97 Å². The van der Waals surface area contributed by atoms with Gasteiger partial charge in [-0.05, 0) is 19.1 Å². The van der Waals surface area contributed by atoms with Crippen molar-refractivity contribution in [1.29, 1.82) is 0 Å². The summed E-state index contributed by atoms with van der Waals surface area (Å²) in [7, 11) is 1.47. The molecule has 0 heterocycles. The normalized spacial score (nSPS) is 11.3. The van der Waals surface area contributed by atoms with E-state index in [9.17, 15) is 14.4 Å². The first-order chi connectivity index (χ1) is 9.95. The minimum Gasteiger partial charge on any atom is -0.496 e. The highest BCUT2D eigenvalue weighted by Gasteiger charge is 2.15. The van der Waals surface area contributed by atoms with Crippen molar-refractivity contribution in [2.45, 2.75) is 19.4 Å². The summed E-state index contributed by atoms with van der Waals surface area (Å²) in [6, 6.07) is 6.73. The van der Waals surface area contributed by atoms with Crippen LogP contribution in [0.25, 0.3) is 0 Å². The number of nitrogens with one attached hydrogen (secondary N) is 1. The van der Waals surface area contributed by atoms with Gasteiger partial charge in [-0.15, -0.1) is 0 Å². The van der Waals surface area contributed by atoms with Crippen LogP contribution >= 0.6 is 0 Å². The van der Waals surface area contributed by atoms with Gasteiger partial charge in [0.15, 0.2) is 6.10 Å². The molecular formula is C14H18N2O5. The van der Waals surface area contributed by atoms with E-state index < -0.39 is 18.0 Å². The van der Waals surface area contributed by atoms with Crippen LogP contribution in [-0.4, -0.2) is 37.5 Å². The van der Waals surface area contributed by atoms with E-state index in [1.165, 1.54) is 14.0 Å². The van der Waals surface area contributed by atoms with Gasteiger partial charge in [0, 0.05) is 6.54 Å². The minimum absolute atomic E-state index is 0.0570. The Morgan fingerprint density at radius 2 is 1.95 bits per heavy atom. The lowest BCUT2D eigenvalue weighted by molar-refractivity contribution is -0.153. The minimum atomic E-state index is -0.984. The Bertz CT molecular complexity index is 530.